The molecule has 4 heteroatoms. The van der Waals surface area contributed by atoms with Gasteiger partial charge in [0.25, 0.3) is 5.24 Å². The lowest BCUT2D eigenvalue weighted by molar-refractivity contribution is 0.241. The van der Waals surface area contributed by atoms with Crippen LogP contribution in [0.5, 0.6) is 0 Å². The van der Waals surface area contributed by atoms with Crippen LogP contribution in [0.15, 0.2) is 34.1 Å². The van der Waals surface area contributed by atoms with E-state index in [-0.39, 0.29) is 5.24 Å². The van der Waals surface area contributed by atoms with Gasteiger partial charge in [-0.2, -0.15) is 0 Å². The van der Waals surface area contributed by atoms with Gasteiger partial charge >= 0.3 is 0 Å². The van der Waals surface area contributed by atoms with Gasteiger partial charge in [0.1, 0.15) is 0 Å². The van der Waals surface area contributed by atoms with Gasteiger partial charge in [-0.3, -0.25) is 4.79 Å². The number of carbonyl (C=O) groups is 1. The molecule has 0 aromatic heterocycles. The maximum Gasteiger partial charge on any atom is 0.285 e. The number of carbonyl (C=O) groups excluding carboxylic acids is 1. The average Bonchev–Trinajstić information content (AvgIpc) is 2.19. The molecule has 0 saturated heterocycles. The second kappa shape index (κ2) is 5.32. The van der Waals surface area contributed by atoms with Crippen molar-refractivity contribution in [1.82, 2.24) is 4.90 Å². The Bertz CT molecular complexity index is 308. The Morgan fingerprint density at radius 2 is 1.64 bits per heavy atom. The van der Waals surface area contributed by atoms with Gasteiger partial charge in [0.15, 0.2) is 0 Å². The lowest BCUT2D eigenvalue weighted by Crippen LogP contribution is -2.15. The van der Waals surface area contributed by atoms with E-state index in [1.165, 1.54) is 16.7 Å². The first-order valence-corrected chi connectivity index (χ1v) is 6.21. The SMILES string of the molecule is CSc1ccc(SC(=O)N(C)C)cc1. The van der Waals surface area contributed by atoms with Gasteiger partial charge in [0, 0.05) is 23.9 Å². The summed E-state index contributed by atoms with van der Waals surface area (Å²) in [4.78, 5) is 15.1. The van der Waals surface area contributed by atoms with Crippen molar-refractivity contribution in [2.24, 2.45) is 0 Å². The van der Waals surface area contributed by atoms with E-state index in [1.807, 2.05) is 30.5 Å². The van der Waals surface area contributed by atoms with Gasteiger partial charge in [0.05, 0.1) is 0 Å². The minimum Gasteiger partial charge on any atom is -0.339 e. The van der Waals surface area contributed by atoms with Crippen LogP contribution in [0.2, 0.25) is 0 Å². The van der Waals surface area contributed by atoms with E-state index in [2.05, 4.69) is 0 Å². The zero-order chi connectivity index (χ0) is 10.6. The third-order valence-electron chi connectivity index (χ3n) is 1.63. The fraction of sp³-hybridized carbons (Fsp3) is 0.300. The van der Waals surface area contributed by atoms with Gasteiger partial charge < -0.3 is 4.90 Å². The number of rotatable bonds is 2. The maximum absolute atomic E-state index is 11.4. The van der Waals surface area contributed by atoms with Crippen molar-refractivity contribution in [3.05, 3.63) is 24.3 Å². The first kappa shape index (κ1) is 11.5. The van der Waals surface area contributed by atoms with Crippen LogP contribution in [0.1, 0.15) is 0 Å². The maximum atomic E-state index is 11.4. The largest absolute Gasteiger partial charge is 0.339 e. The third-order valence-corrected chi connectivity index (χ3v) is 3.42. The fourth-order valence-electron chi connectivity index (χ4n) is 0.836. The highest BCUT2D eigenvalue weighted by molar-refractivity contribution is 8.13. The van der Waals surface area contributed by atoms with Crippen LogP contribution < -0.4 is 0 Å². The zero-order valence-corrected chi connectivity index (χ0v) is 10.1. The van der Waals surface area contributed by atoms with E-state index >= 15 is 0 Å². The first-order chi connectivity index (χ1) is 6.63. The lowest BCUT2D eigenvalue weighted by atomic mass is 10.4. The molecule has 0 spiro atoms. The summed E-state index contributed by atoms with van der Waals surface area (Å²) in [5, 5.41) is 0.0573. The molecule has 76 valence electrons. The second-order valence-corrected chi connectivity index (χ2v) is 4.84. The molecule has 1 amide bonds. The molecule has 0 aliphatic heterocycles. The Morgan fingerprint density at radius 3 is 2.07 bits per heavy atom. The summed E-state index contributed by atoms with van der Waals surface area (Å²) in [5.41, 5.74) is 0. The summed E-state index contributed by atoms with van der Waals surface area (Å²) in [6.07, 6.45) is 2.03. The molecule has 0 heterocycles. The second-order valence-electron chi connectivity index (χ2n) is 2.94. The van der Waals surface area contributed by atoms with Gasteiger partial charge in [-0.25, -0.2) is 0 Å². The molecule has 0 N–H and O–H groups in total. The first-order valence-electron chi connectivity index (χ1n) is 4.16. The molecule has 14 heavy (non-hydrogen) atoms. The predicted octanol–water partition coefficient (Wildman–Crippen LogP) is 3.18. The van der Waals surface area contributed by atoms with Crippen LogP contribution in [0.4, 0.5) is 4.79 Å². The van der Waals surface area contributed by atoms with Crippen molar-refractivity contribution >= 4 is 28.8 Å². The van der Waals surface area contributed by atoms with E-state index in [0.717, 1.165) is 4.90 Å². The Morgan fingerprint density at radius 1 is 1.14 bits per heavy atom. The third kappa shape index (κ3) is 3.27. The molecular weight excluding hydrogens is 214 g/mol. The monoisotopic (exact) mass is 227 g/mol. The van der Waals surface area contributed by atoms with Crippen LogP contribution in [-0.4, -0.2) is 30.5 Å². The normalized spacial score (nSPS) is 9.93. The molecule has 2 nitrogen and oxygen atoms in total. The summed E-state index contributed by atoms with van der Waals surface area (Å²) in [6.45, 7) is 0. The van der Waals surface area contributed by atoms with Gasteiger partial charge in [-0.1, -0.05) is 0 Å². The highest BCUT2D eigenvalue weighted by Gasteiger charge is 2.05. The fourth-order valence-corrected chi connectivity index (χ4v) is 1.90. The molecule has 0 radical (unpaired) electrons. The minimum absolute atomic E-state index is 0.0573. The van der Waals surface area contributed by atoms with Crippen LogP contribution in [-0.2, 0) is 0 Å². The topological polar surface area (TPSA) is 20.3 Å². The molecule has 0 aliphatic carbocycles. The standard InChI is InChI=1S/C10H13NOS2/c1-11(2)10(12)14-9-6-4-8(13-3)5-7-9/h4-7H,1-3H3. The van der Waals surface area contributed by atoms with E-state index in [0.29, 0.717) is 0 Å². The molecule has 1 rings (SSSR count). The number of nitrogens with zero attached hydrogens (tertiary/aromatic N) is 1. The van der Waals surface area contributed by atoms with Crippen molar-refractivity contribution in [2.75, 3.05) is 20.4 Å². The van der Waals surface area contributed by atoms with Crippen molar-refractivity contribution in [2.45, 2.75) is 9.79 Å². The summed E-state index contributed by atoms with van der Waals surface area (Å²) in [7, 11) is 3.51. The van der Waals surface area contributed by atoms with Crippen LogP contribution in [0, 0.1) is 0 Å². The summed E-state index contributed by atoms with van der Waals surface area (Å²) < 4.78 is 0. The lowest BCUT2D eigenvalue weighted by Gasteiger charge is -2.08. The Labute approximate surface area is 93.1 Å². The van der Waals surface area contributed by atoms with Crippen LogP contribution in [0.25, 0.3) is 0 Å². The minimum atomic E-state index is 0.0573. The number of thioether (sulfide) groups is 2. The quantitative estimate of drug-likeness (QED) is 0.724. The number of benzene rings is 1. The van der Waals surface area contributed by atoms with Crippen LogP contribution in [0.3, 0.4) is 0 Å². The average molecular weight is 227 g/mol. The Hall–Kier alpha value is -0.610. The smallest absolute Gasteiger partial charge is 0.285 e. The van der Waals surface area contributed by atoms with Crippen molar-refractivity contribution in [3.63, 3.8) is 0 Å². The molecule has 0 bridgehead atoms. The number of amides is 1. The molecular formula is C10H13NOS2. The van der Waals surface area contributed by atoms with Crippen LogP contribution >= 0.6 is 23.5 Å². The molecule has 0 unspecified atom stereocenters. The van der Waals surface area contributed by atoms with Gasteiger partial charge in [-0.15, -0.1) is 11.8 Å². The van der Waals surface area contributed by atoms with Gasteiger partial charge in [-0.05, 0) is 42.3 Å². The predicted molar refractivity (Wildman–Crippen MR) is 63.2 cm³/mol. The molecule has 0 fully saturated rings. The molecule has 1 aromatic rings. The van der Waals surface area contributed by atoms with Crippen molar-refractivity contribution in [3.8, 4) is 0 Å². The molecule has 0 saturated carbocycles. The Kier molecular flexibility index (Phi) is 4.35. The van der Waals surface area contributed by atoms with E-state index in [4.69, 9.17) is 0 Å². The molecule has 0 atom stereocenters. The van der Waals surface area contributed by atoms with Crippen molar-refractivity contribution < 1.29 is 4.79 Å². The number of hydrogen-bond donors (Lipinski definition) is 0. The highest BCUT2D eigenvalue weighted by Crippen LogP contribution is 2.23. The number of hydrogen-bond acceptors (Lipinski definition) is 3. The van der Waals surface area contributed by atoms with E-state index in [1.54, 1.807) is 30.8 Å². The summed E-state index contributed by atoms with van der Waals surface area (Å²) in [5.74, 6) is 0. The molecule has 0 aliphatic rings. The van der Waals surface area contributed by atoms with E-state index in [9.17, 15) is 4.79 Å². The Balaban J connectivity index is 2.64. The van der Waals surface area contributed by atoms with E-state index < -0.39 is 0 Å². The van der Waals surface area contributed by atoms with Gasteiger partial charge in [0.2, 0.25) is 0 Å². The summed E-state index contributed by atoms with van der Waals surface area (Å²) >= 11 is 2.95. The van der Waals surface area contributed by atoms with Crippen molar-refractivity contribution in [1.29, 1.82) is 0 Å². The summed E-state index contributed by atoms with van der Waals surface area (Å²) in [6, 6.07) is 7.99. The molecule has 1 aromatic carbocycles. The zero-order valence-electron chi connectivity index (χ0n) is 8.48. The highest BCUT2D eigenvalue weighted by atomic mass is 32.2.